The van der Waals surface area contributed by atoms with Crippen LogP contribution >= 0.6 is 11.6 Å². The van der Waals surface area contributed by atoms with E-state index in [-0.39, 0.29) is 4.90 Å². The highest BCUT2D eigenvalue weighted by molar-refractivity contribution is 7.92. The number of rotatable bonds is 3. The number of hydrogen-bond acceptors (Lipinski definition) is 3. The lowest BCUT2D eigenvalue weighted by Crippen LogP contribution is -2.14. The standard InChI is InChI=1S/C13H13ClN2O2S/c1-9-5-6-15-13(7-9)16-19(17,18)11-3-4-12(14)10(2)8-11/h3-8H,1-2H3,(H,15,16). The van der Waals surface area contributed by atoms with E-state index in [1.807, 2.05) is 6.92 Å². The van der Waals surface area contributed by atoms with Crippen LogP contribution in [0.25, 0.3) is 0 Å². The summed E-state index contributed by atoms with van der Waals surface area (Å²) < 4.78 is 26.8. The van der Waals surface area contributed by atoms with E-state index in [0.717, 1.165) is 5.56 Å². The Morgan fingerprint density at radius 1 is 1.16 bits per heavy atom. The molecule has 0 fully saturated rings. The number of benzene rings is 1. The third-order valence-electron chi connectivity index (χ3n) is 2.59. The second kappa shape index (κ2) is 5.19. The molecule has 0 radical (unpaired) electrons. The van der Waals surface area contributed by atoms with Crippen LogP contribution in [0, 0.1) is 13.8 Å². The monoisotopic (exact) mass is 296 g/mol. The maximum absolute atomic E-state index is 12.2. The van der Waals surface area contributed by atoms with Crippen LogP contribution < -0.4 is 4.72 Å². The van der Waals surface area contributed by atoms with Gasteiger partial charge in [0.15, 0.2) is 0 Å². The summed E-state index contributed by atoms with van der Waals surface area (Å²) in [5.74, 6) is 0.299. The minimum atomic E-state index is -3.64. The molecule has 0 unspecified atom stereocenters. The van der Waals surface area contributed by atoms with Crippen LogP contribution in [0.1, 0.15) is 11.1 Å². The largest absolute Gasteiger partial charge is 0.263 e. The molecule has 0 aliphatic rings. The van der Waals surface area contributed by atoms with Crippen molar-refractivity contribution in [2.75, 3.05) is 4.72 Å². The number of sulfonamides is 1. The highest BCUT2D eigenvalue weighted by Gasteiger charge is 2.15. The molecule has 1 aromatic heterocycles. The van der Waals surface area contributed by atoms with Gasteiger partial charge < -0.3 is 0 Å². The van der Waals surface area contributed by atoms with E-state index in [1.165, 1.54) is 12.1 Å². The Kier molecular flexibility index (Phi) is 3.78. The predicted octanol–water partition coefficient (Wildman–Crippen LogP) is 3.15. The summed E-state index contributed by atoms with van der Waals surface area (Å²) in [6.07, 6.45) is 1.56. The molecule has 0 bridgehead atoms. The molecule has 0 amide bonds. The molecule has 1 N–H and O–H groups in total. The molecule has 0 spiro atoms. The van der Waals surface area contributed by atoms with Gasteiger partial charge in [0.05, 0.1) is 4.90 Å². The molecular weight excluding hydrogens is 284 g/mol. The van der Waals surface area contributed by atoms with E-state index in [4.69, 9.17) is 11.6 Å². The third-order valence-corrected chi connectivity index (χ3v) is 4.37. The zero-order valence-corrected chi connectivity index (χ0v) is 12.1. The maximum atomic E-state index is 12.2. The molecule has 0 atom stereocenters. The molecule has 1 aromatic carbocycles. The average Bonchev–Trinajstić information content (AvgIpc) is 2.32. The Balaban J connectivity index is 2.35. The highest BCUT2D eigenvalue weighted by atomic mass is 35.5. The summed E-state index contributed by atoms with van der Waals surface area (Å²) in [4.78, 5) is 4.14. The number of aryl methyl sites for hydroxylation is 2. The van der Waals surface area contributed by atoms with Crippen LogP contribution in [-0.4, -0.2) is 13.4 Å². The molecule has 2 rings (SSSR count). The first-order chi connectivity index (χ1) is 8.88. The number of aromatic nitrogens is 1. The fraction of sp³-hybridized carbons (Fsp3) is 0.154. The molecule has 4 nitrogen and oxygen atoms in total. The number of pyridine rings is 1. The summed E-state index contributed by atoms with van der Waals surface area (Å²) in [7, 11) is -3.64. The smallest absolute Gasteiger partial charge is 0.263 e. The normalized spacial score (nSPS) is 11.3. The number of nitrogens with one attached hydrogen (secondary N) is 1. The van der Waals surface area contributed by atoms with Crippen LogP contribution in [0.4, 0.5) is 5.82 Å². The van der Waals surface area contributed by atoms with E-state index in [2.05, 4.69) is 9.71 Å². The van der Waals surface area contributed by atoms with Gasteiger partial charge in [0.1, 0.15) is 5.82 Å². The van der Waals surface area contributed by atoms with Crippen LogP contribution in [0.15, 0.2) is 41.4 Å². The van der Waals surface area contributed by atoms with Gasteiger partial charge in [0.25, 0.3) is 10.0 Å². The fourth-order valence-corrected chi connectivity index (χ4v) is 2.77. The van der Waals surface area contributed by atoms with Gasteiger partial charge in [-0.3, -0.25) is 4.72 Å². The summed E-state index contributed by atoms with van der Waals surface area (Å²) in [5.41, 5.74) is 1.64. The van der Waals surface area contributed by atoms with Gasteiger partial charge in [-0.2, -0.15) is 0 Å². The van der Waals surface area contributed by atoms with Gasteiger partial charge in [-0.15, -0.1) is 0 Å². The number of nitrogens with zero attached hydrogens (tertiary/aromatic N) is 1. The SMILES string of the molecule is Cc1ccnc(NS(=O)(=O)c2ccc(Cl)c(C)c2)c1. The Morgan fingerprint density at radius 3 is 2.53 bits per heavy atom. The lowest BCUT2D eigenvalue weighted by Gasteiger charge is -2.09. The third kappa shape index (κ3) is 3.24. The van der Waals surface area contributed by atoms with Crippen molar-refractivity contribution in [1.29, 1.82) is 0 Å². The van der Waals surface area contributed by atoms with Crippen LogP contribution in [-0.2, 0) is 10.0 Å². The summed E-state index contributed by atoms with van der Waals surface area (Å²) >= 11 is 5.88. The zero-order chi connectivity index (χ0) is 14.0. The van der Waals surface area contributed by atoms with Gasteiger partial charge in [-0.05, 0) is 55.3 Å². The molecule has 2 aromatic rings. The first kappa shape index (κ1) is 13.8. The van der Waals surface area contributed by atoms with E-state index in [0.29, 0.717) is 16.4 Å². The fourth-order valence-electron chi connectivity index (χ4n) is 1.57. The minimum absolute atomic E-state index is 0.165. The van der Waals surface area contributed by atoms with Gasteiger partial charge in [0, 0.05) is 11.2 Å². The molecule has 6 heteroatoms. The molecule has 0 saturated heterocycles. The van der Waals surface area contributed by atoms with Crippen molar-refractivity contribution in [3.63, 3.8) is 0 Å². The lowest BCUT2D eigenvalue weighted by molar-refractivity contribution is 0.601. The Bertz CT molecular complexity index is 714. The van der Waals surface area contributed by atoms with Crippen molar-refractivity contribution in [3.05, 3.63) is 52.7 Å². The van der Waals surface area contributed by atoms with E-state index in [1.54, 1.807) is 31.3 Å². The van der Waals surface area contributed by atoms with E-state index in [9.17, 15) is 8.42 Å². The molecule has 0 saturated carbocycles. The Morgan fingerprint density at radius 2 is 1.89 bits per heavy atom. The van der Waals surface area contributed by atoms with E-state index < -0.39 is 10.0 Å². The molecule has 100 valence electrons. The first-order valence-electron chi connectivity index (χ1n) is 5.60. The lowest BCUT2D eigenvalue weighted by atomic mass is 10.2. The Labute approximate surface area is 117 Å². The van der Waals surface area contributed by atoms with Crippen molar-refractivity contribution in [2.24, 2.45) is 0 Å². The van der Waals surface area contributed by atoms with E-state index >= 15 is 0 Å². The summed E-state index contributed by atoms with van der Waals surface area (Å²) in [6, 6.07) is 8.02. The number of halogens is 1. The second-order valence-corrected chi connectivity index (χ2v) is 6.32. The van der Waals surface area contributed by atoms with Gasteiger partial charge in [-0.25, -0.2) is 13.4 Å². The topological polar surface area (TPSA) is 59.1 Å². The summed E-state index contributed by atoms with van der Waals surface area (Å²) in [5, 5.41) is 0.535. The van der Waals surface area contributed by atoms with Crippen LogP contribution in [0.3, 0.4) is 0 Å². The highest BCUT2D eigenvalue weighted by Crippen LogP contribution is 2.21. The van der Waals surface area contributed by atoms with Crippen LogP contribution in [0.5, 0.6) is 0 Å². The zero-order valence-electron chi connectivity index (χ0n) is 10.5. The summed E-state index contributed by atoms with van der Waals surface area (Å²) in [6.45, 7) is 3.62. The van der Waals surface area contributed by atoms with Crippen molar-refractivity contribution in [2.45, 2.75) is 18.7 Å². The first-order valence-corrected chi connectivity index (χ1v) is 7.46. The number of anilines is 1. The van der Waals surface area contributed by atoms with Crippen molar-refractivity contribution in [3.8, 4) is 0 Å². The van der Waals surface area contributed by atoms with Crippen molar-refractivity contribution >= 4 is 27.4 Å². The van der Waals surface area contributed by atoms with Gasteiger partial charge in [0.2, 0.25) is 0 Å². The predicted molar refractivity (Wildman–Crippen MR) is 76.0 cm³/mol. The number of hydrogen-bond donors (Lipinski definition) is 1. The quantitative estimate of drug-likeness (QED) is 0.946. The molecule has 1 heterocycles. The Hall–Kier alpha value is -1.59. The second-order valence-electron chi connectivity index (χ2n) is 4.23. The minimum Gasteiger partial charge on any atom is -0.263 e. The van der Waals surface area contributed by atoms with Gasteiger partial charge in [-0.1, -0.05) is 11.6 Å². The average molecular weight is 297 g/mol. The van der Waals surface area contributed by atoms with Crippen molar-refractivity contribution in [1.82, 2.24) is 4.98 Å². The van der Waals surface area contributed by atoms with Crippen molar-refractivity contribution < 1.29 is 8.42 Å². The molecular formula is C13H13ClN2O2S. The molecule has 0 aliphatic heterocycles. The van der Waals surface area contributed by atoms with Gasteiger partial charge >= 0.3 is 0 Å². The maximum Gasteiger partial charge on any atom is 0.263 e. The van der Waals surface area contributed by atoms with Crippen LogP contribution in [0.2, 0.25) is 5.02 Å². The molecule has 19 heavy (non-hydrogen) atoms. The molecule has 0 aliphatic carbocycles.